The van der Waals surface area contributed by atoms with Crippen molar-refractivity contribution in [3.05, 3.63) is 54.2 Å². The summed E-state index contributed by atoms with van der Waals surface area (Å²) in [6.07, 6.45) is 4.64. The monoisotopic (exact) mass is 476 g/mol. The third kappa shape index (κ3) is 4.00. The molecule has 1 atom stereocenters. The highest BCUT2D eigenvalue weighted by atomic mass is 32.2. The normalized spacial score (nSPS) is 17.8. The Kier molecular flexibility index (Phi) is 5.62. The van der Waals surface area contributed by atoms with Gasteiger partial charge in [0.05, 0.1) is 30.6 Å². The van der Waals surface area contributed by atoms with Crippen molar-refractivity contribution in [3.63, 3.8) is 0 Å². The first-order valence-corrected chi connectivity index (χ1v) is 12.5. The van der Waals surface area contributed by atoms with Crippen molar-refractivity contribution in [2.45, 2.75) is 30.5 Å². The molecular formula is C25H24N4O4S. The van der Waals surface area contributed by atoms with E-state index in [0.29, 0.717) is 24.3 Å². The van der Waals surface area contributed by atoms with Crippen molar-refractivity contribution in [3.8, 4) is 23.0 Å². The van der Waals surface area contributed by atoms with Crippen molar-refractivity contribution in [1.82, 2.24) is 20.1 Å². The van der Waals surface area contributed by atoms with E-state index in [1.807, 2.05) is 53.6 Å². The lowest BCUT2D eigenvalue weighted by Gasteiger charge is -2.25. The minimum absolute atomic E-state index is 0.0368. The molecule has 34 heavy (non-hydrogen) atoms. The zero-order chi connectivity index (χ0) is 22.9. The van der Waals surface area contributed by atoms with E-state index in [9.17, 15) is 4.79 Å². The molecule has 0 spiro atoms. The van der Waals surface area contributed by atoms with Gasteiger partial charge in [-0.05, 0) is 36.6 Å². The Hall–Kier alpha value is -3.46. The van der Waals surface area contributed by atoms with Crippen molar-refractivity contribution in [1.29, 1.82) is 0 Å². The fraction of sp³-hybridized carbons (Fsp3) is 0.320. The number of nitrogens with zero attached hydrogens (tertiary/aromatic N) is 3. The van der Waals surface area contributed by atoms with Crippen LogP contribution in [0.4, 0.5) is 0 Å². The fourth-order valence-corrected chi connectivity index (χ4v) is 5.28. The maximum Gasteiger partial charge on any atom is 0.277 e. The number of aromatic nitrogens is 3. The number of para-hydroxylation sites is 1. The molecule has 1 fully saturated rings. The van der Waals surface area contributed by atoms with Gasteiger partial charge in [-0.1, -0.05) is 36.0 Å². The summed E-state index contributed by atoms with van der Waals surface area (Å²) in [6.45, 7) is 2.04. The van der Waals surface area contributed by atoms with Gasteiger partial charge in [-0.25, -0.2) is 0 Å². The molecule has 8 nitrogen and oxygen atoms in total. The summed E-state index contributed by atoms with van der Waals surface area (Å²) in [7, 11) is 0. The van der Waals surface area contributed by atoms with Crippen molar-refractivity contribution < 1.29 is 18.7 Å². The van der Waals surface area contributed by atoms with Crippen LogP contribution in [0.2, 0.25) is 0 Å². The predicted molar refractivity (Wildman–Crippen MR) is 128 cm³/mol. The van der Waals surface area contributed by atoms with Gasteiger partial charge in [-0.2, -0.15) is 0 Å². The number of aromatic amines is 1. The summed E-state index contributed by atoms with van der Waals surface area (Å²) in [5.74, 6) is 2.29. The molecule has 0 unspecified atom stereocenters. The van der Waals surface area contributed by atoms with Crippen molar-refractivity contribution in [2.24, 2.45) is 0 Å². The van der Waals surface area contributed by atoms with Gasteiger partial charge in [-0.15, -0.1) is 10.2 Å². The molecule has 9 heteroatoms. The van der Waals surface area contributed by atoms with E-state index in [1.165, 1.54) is 11.8 Å². The van der Waals surface area contributed by atoms with Gasteiger partial charge in [-0.3, -0.25) is 4.79 Å². The Bertz CT molecular complexity index is 1330. The average Bonchev–Trinajstić information content (AvgIpc) is 3.59. The highest BCUT2D eigenvalue weighted by Crippen LogP contribution is 2.38. The van der Waals surface area contributed by atoms with Gasteiger partial charge in [0.2, 0.25) is 5.91 Å². The minimum Gasteiger partial charge on any atom is -0.490 e. The third-order valence-corrected chi connectivity index (χ3v) is 7.08. The Labute approximate surface area is 200 Å². The standard InChI is InChI=1S/C25H24N4O4S/c30-23(15-34-25-28-27-24(33-25)18-14-26-19-6-2-1-5-17(18)19)29-10-3-7-20(29)16-8-9-21-22(13-16)32-12-4-11-31-21/h1-2,5-6,8-9,13-14,20,26H,3-4,7,10-12,15H2/t20-/m0/s1. The molecule has 0 aliphatic carbocycles. The lowest BCUT2D eigenvalue weighted by Crippen LogP contribution is -2.32. The van der Waals surface area contributed by atoms with Crippen LogP contribution < -0.4 is 9.47 Å². The second-order valence-corrected chi connectivity index (χ2v) is 9.34. The summed E-state index contributed by atoms with van der Waals surface area (Å²) in [5.41, 5.74) is 2.95. The first kappa shape index (κ1) is 21.1. The van der Waals surface area contributed by atoms with E-state index in [1.54, 1.807) is 0 Å². The number of fused-ring (bicyclic) bond motifs is 2. The molecule has 4 heterocycles. The second kappa shape index (κ2) is 9.06. The number of amides is 1. The molecule has 2 aliphatic rings. The summed E-state index contributed by atoms with van der Waals surface area (Å²) in [6, 6.07) is 14.0. The number of likely N-dealkylation sites (tertiary alicyclic amines) is 1. The summed E-state index contributed by atoms with van der Waals surface area (Å²) in [4.78, 5) is 18.3. The van der Waals surface area contributed by atoms with Gasteiger partial charge in [0.1, 0.15) is 0 Å². The number of hydrogen-bond acceptors (Lipinski definition) is 7. The molecule has 0 radical (unpaired) electrons. The molecule has 174 valence electrons. The van der Waals surface area contributed by atoms with E-state index < -0.39 is 0 Å². The van der Waals surface area contributed by atoms with Crippen molar-refractivity contribution >= 4 is 28.6 Å². The molecule has 1 N–H and O–H groups in total. The van der Waals surface area contributed by atoms with Crippen LogP contribution in [0.5, 0.6) is 11.5 Å². The molecule has 2 aromatic heterocycles. The minimum atomic E-state index is 0.0368. The number of benzene rings is 2. The number of hydrogen-bond donors (Lipinski definition) is 1. The Morgan fingerprint density at radius 3 is 2.91 bits per heavy atom. The molecule has 1 saturated heterocycles. The number of carbonyl (C=O) groups is 1. The van der Waals surface area contributed by atoms with Gasteiger partial charge in [0.15, 0.2) is 11.5 Å². The topological polar surface area (TPSA) is 93.5 Å². The highest BCUT2D eigenvalue weighted by Gasteiger charge is 2.31. The molecule has 2 aliphatic heterocycles. The smallest absolute Gasteiger partial charge is 0.277 e. The van der Waals surface area contributed by atoms with Crippen LogP contribution >= 0.6 is 11.8 Å². The number of H-pyrrole nitrogens is 1. The number of ether oxygens (including phenoxy) is 2. The molecule has 0 bridgehead atoms. The first-order chi connectivity index (χ1) is 16.8. The zero-order valence-corrected chi connectivity index (χ0v) is 19.3. The van der Waals surface area contributed by atoms with Gasteiger partial charge in [0, 0.05) is 30.1 Å². The predicted octanol–water partition coefficient (Wildman–Crippen LogP) is 4.84. The number of rotatable bonds is 5. The number of thioether (sulfide) groups is 1. The van der Waals surface area contributed by atoms with Crippen LogP contribution in [0.3, 0.4) is 0 Å². The van der Waals surface area contributed by atoms with Crippen LogP contribution in [-0.4, -0.2) is 51.5 Å². The van der Waals surface area contributed by atoms with Gasteiger partial charge >= 0.3 is 0 Å². The Morgan fingerprint density at radius 2 is 1.97 bits per heavy atom. The quantitative estimate of drug-likeness (QED) is 0.412. The first-order valence-electron chi connectivity index (χ1n) is 11.5. The Balaban J connectivity index is 1.13. The summed E-state index contributed by atoms with van der Waals surface area (Å²) < 4.78 is 17.4. The third-order valence-electron chi connectivity index (χ3n) is 6.27. The van der Waals surface area contributed by atoms with E-state index >= 15 is 0 Å². The summed E-state index contributed by atoms with van der Waals surface area (Å²) in [5, 5.41) is 9.74. The van der Waals surface area contributed by atoms with Gasteiger partial charge in [0.25, 0.3) is 11.1 Å². The molecule has 6 rings (SSSR count). The lowest BCUT2D eigenvalue weighted by molar-refractivity contribution is -0.129. The van der Waals surface area contributed by atoms with E-state index in [-0.39, 0.29) is 17.7 Å². The Morgan fingerprint density at radius 1 is 1.09 bits per heavy atom. The van der Waals surface area contributed by atoms with Crippen LogP contribution in [0.1, 0.15) is 30.9 Å². The van der Waals surface area contributed by atoms with E-state index in [2.05, 4.69) is 15.2 Å². The molecule has 0 saturated carbocycles. The van der Waals surface area contributed by atoms with Crippen LogP contribution in [0.15, 0.2) is 58.3 Å². The van der Waals surface area contributed by atoms with Gasteiger partial charge < -0.3 is 23.8 Å². The number of carbonyl (C=O) groups excluding carboxylic acids is 1. The fourth-order valence-electron chi connectivity index (χ4n) is 4.63. The van der Waals surface area contributed by atoms with Crippen LogP contribution in [-0.2, 0) is 4.79 Å². The van der Waals surface area contributed by atoms with Crippen LogP contribution in [0, 0.1) is 0 Å². The van der Waals surface area contributed by atoms with Crippen molar-refractivity contribution in [2.75, 3.05) is 25.5 Å². The second-order valence-electron chi connectivity index (χ2n) is 8.41. The maximum absolute atomic E-state index is 13.1. The average molecular weight is 477 g/mol. The lowest BCUT2D eigenvalue weighted by atomic mass is 10.0. The summed E-state index contributed by atoms with van der Waals surface area (Å²) >= 11 is 1.28. The molecule has 1 amide bonds. The van der Waals surface area contributed by atoms with E-state index in [0.717, 1.165) is 59.3 Å². The SMILES string of the molecule is O=C(CSc1nnc(-c2c[nH]c3ccccc23)o1)N1CCC[C@H]1c1ccc2c(c1)OCCCO2. The molecule has 4 aromatic rings. The highest BCUT2D eigenvalue weighted by molar-refractivity contribution is 7.99. The largest absolute Gasteiger partial charge is 0.490 e. The molecule has 2 aromatic carbocycles. The van der Waals surface area contributed by atoms with Crippen LogP contribution in [0.25, 0.3) is 22.4 Å². The van der Waals surface area contributed by atoms with E-state index in [4.69, 9.17) is 13.9 Å². The zero-order valence-electron chi connectivity index (χ0n) is 18.5. The molecular weight excluding hydrogens is 452 g/mol. The number of nitrogens with one attached hydrogen (secondary N) is 1. The maximum atomic E-state index is 13.1.